The number of aryl methyl sites for hydroxylation is 1. The number of hydrogen-bond donors (Lipinski definition) is 0. The maximum Gasteiger partial charge on any atom is 0.266 e. The largest absolute Gasteiger partial charge is 0.318 e. The summed E-state index contributed by atoms with van der Waals surface area (Å²) < 4.78 is 2.91. The van der Waals surface area contributed by atoms with Crippen LogP contribution in [0.1, 0.15) is 61.0 Å². The van der Waals surface area contributed by atoms with Crippen LogP contribution < -0.4 is 0 Å². The number of aromatic nitrogens is 1. The fraction of sp³-hybridized carbons (Fsp3) is 0.448. The monoisotopic (exact) mass is 488 g/mol. The molecule has 1 saturated heterocycles. The molecule has 176 valence electrons. The van der Waals surface area contributed by atoms with Gasteiger partial charge in [0.1, 0.15) is 4.32 Å². The summed E-state index contributed by atoms with van der Waals surface area (Å²) in [6.07, 6.45) is 12.3. The van der Waals surface area contributed by atoms with Gasteiger partial charge in [-0.15, -0.1) is 6.58 Å². The van der Waals surface area contributed by atoms with Crippen molar-refractivity contribution in [3.05, 3.63) is 70.4 Å². The molecule has 3 nitrogen and oxygen atoms in total. The first-order valence-corrected chi connectivity index (χ1v) is 13.8. The van der Waals surface area contributed by atoms with Crippen molar-refractivity contribution >= 4 is 40.3 Å². The van der Waals surface area contributed by atoms with Gasteiger partial charge in [-0.2, -0.15) is 0 Å². The lowest BCUT2D eigenvalue weighted by Crippen LogP contribution is -2.48. The molecule has 2 aromatic rings. The van der Waals surface area contributed by atoms with Gasteiger partial charge in [-0.05, 0) is 111 Å². The molecular formula is C29H32N2OS2. The molecule has 1 amide bonds. The lowest BCUT2D eigenvalue weighted by atomic mass is 9.48. The van der Waals surface area contributed by atoms with Crippen LogP contribution in [0.25, 0.3) is 11.8 Å². The molecular weight excluding hydrogens is 456 g/mol. The molecule has 0 atom stereocenters. The fourth-order valence-electron chi connectivity index (χ4n) is 7.69. The van der Waals surface area contributed by atoms with Crippen LogP contribution in [0.3, 0.4) is 0 Å². The number of nitrogens with zero attached hydrogens (tertiary/aromatic N) is 2. The zero-order valence-corrected chi connectivity index (χ0v) is 21.7. The van der Waals surface area contributed by atoms with E-state index in [1.807, 2.05) is 6.08 Å². The number of thioether (sulfide) groups is 1. The van der Waals surface area contributed by atoms with Crippen molar-refractivity contribution in [1.29, 1.82) is 0 Å². The van der Waals surface area contributed by atoms with Crippen molar-refractivity contribution in [3.8, 4) is 5.69 Å². The van der Waals surface area contributed by atoms with Crippen LogP contribution in [0.2, 0.25) is 0 Å². The van der Waals surface area contributed by atoms with E-state index in [2.05, 4.69) is 55.3 Å². The average molecular weight is 489 g/mol. The number of carbonyl (C=O) groups excluding carboxylic acids is 1. The first kappa shape index (κ1) is 22.4. The van der Waals surface area contributed by atoms with Gasteiger partial charge in [0, 0.05) is 23.6 Å². The Morgan fingerprint density at radius 2 is 1.71 bits per heavy atom. The second kappa shape index (κ2) is 8.23. The summed E-state index contributed by atoms with van der Waals surface area (Å²) in [4.78, 5) is 15.1. The number of rotatable bonds is 5. The van der Waals surface area contributed by atoms with Crippen LogP contribution in [-0.4, -0.2) is 26.2 Å². The van der Waals surface area contributed by atoms with E-state index in [-0.39, 0.29) is 5.91 Å². The van der Waals surface area contributed by atoms with Gasteiger partial charge in [0.2, 0.25) is 0 Å². The van der Waals surface area contributed by atoms with Gasteiger partial charge in [-0.25, -0.2) is 0 Å². The lowest BCUT2D eigenvalue weighted by molar-refractivity contribution is -0.121. The molecule has 1 aromatic heterocycles. The predicted molar refractivity (Wildman–Crippen MR) is 145 cm³/mol. The second-order valence-corrected chi connectivity index (χ2v) is 12.7. The van der Waals surface area contributed by atoms with E-state index < -0.39 is 0 Å². The molecule has 7 rings (SSSR count). The summed E-state index contributed by atoms with van der Waals surface area (Å²) >= 11 is 6.77. The average Bonchev–Trinajstić information content (AvgIpc) is 3.22. The first-order valence-electron chi connectivity index (χ1n) is 12.5. The highest BCUT2D eigenvalue weighted by Gasteiger charge is 2.51. The van der Waals surface area contributed by atoms with E-state index in [9.17, 15) is 4.79 Å². The molecule has 5 aliphatic rings. The Bertz CT molecular complexity index is 1180. The molecule has 34 heavy (non-hydrogen) atoms. The third-order valence-corrected chi connectivity index (χ3v) is 10.1. The van der Waals surface area contributed by atoms with Gasteiger partial charge >= 0.3 is 0 Å². The van der Waals surface area contributed by atoms with Crippen molar-refractivity contribution in [1.82, 2.24) is 9.47 Å². The Labute approximate surface area is 212 Å². The molecule has 5 heteroatoms. The summed E-state index contributed by atoms with van der Waals surface area (Å²) in [6, 6.07) is 11.6. The normalized spacial score (nSPS) is 31.2. The summed E-state index contributed by atoms with van der Waals surface area (Å²) in [5.74, 6) is 2.85. The Kier molecular flexibility index (Phi) is 5.42. The standard InChI is InChI=1S/C29H32N2OS2/c1-4-9-30-27(32)26(34-28(30)33)14-23-10-18(2)31(19(23)3)25-7-5-24(6-8-25)29-15-20-11-21(16-29)13-22(12-20)17-29/h4-8,10,14,20-22H,1,9,11-13,15-17H2,2-3H3/b26-14-. The van der Waals surface area contributed by atoms with Crippen molar-refractivity contribution in [2.45, 2.75) is 57.8 Å². The van der Waals surface area contributed by atoms with E-state index in [0.29, 0.717) is 21.2 Å². The minimum atomic E-state index is -0.0281. The third-order valence-electron chi connectivity index (χ3n) is 8.72. The fourth-order valence-corrected chi connectivity index (χ4v) is 8.95. The van der Waals surface area contributed by atoms with Crippen LogP contribution >= 0.6 is 24.0 Å². The highest BCUT2D eigenvalue weighted by Crippen LogP contribution is 2.60. The smallest absolute Gasteiger partial charge is 0.266 e. The molecule has 0 unspecified atom stereocenters. The number of hydrogen-bond acceptors (Lipinski definition) is 3. The minimum Gasteiger partial charge on any atom is -0.318 e. The van der Waals surface area contributed by atoms with Crippen molar-refractivity contribution in [2.75, 3.05) is 6.54 Å². The maximum absolute atomic E-state index is 12.8. The van der Waals surface area contributed by atoms with Gasteiger partial charge in [-0.3, -0.25) is 9.69 Å². The summed E-state index contributed by atoms with van der Waals surface area (Å²) in [5, 5.41) is 0. The maximum atomic E-state index is 12.8. The highest BCUT2D eigenvalue weighted by molar-refractivity contribution is 8.26. The lowest BCUT2D eigenvalue weighted by Gasteiger charge is -2.57. The van der Waals surface area contributed by atoms with Gasteiger partial charge < -0.3 is 4.57 Å². The van der Waals surface area contributed by atoms with Crippen LogP contribution in [0.5, 0.6) is 0 Å². The van der Waals surface area contributed by atoms with E-state index in [4.69, 9.17) is 12.2 Å². The molecule has 2 heterocycles. The van der Waals surface area contributed by atoms with Gasteiger partial charge in [0.05, 0.1) is 4.91 Å². The number of thiocarbonyl (C=S) groups is 1. The number of amides is 1. The molecule has 1 aromatic carbocycles. The minimum absolute atomic E-state index is 0.0281. The Morgan fingerprint density at radius 1 is 1.09 bits per heavy atom. The van der Waals surface area contributed by atoms with Gasteiger partial charge in [0.15, 0.2) is 0 Å². The van der Waals surface area contributed by atoms with E-state index in [0.717, 1.165) is 29.0 Å². The Morgan fingerprint density at radius 3 is 2.29 bits per heavy atom. The van der Waals surface area contributed by atoms with E-state index in [1.165, 1.54) is 61.7 Å². The zero-order chi connectivity index (χ0) is 23.6. The van der Waals surface area contributed by atoms with Crippen LogP contribution in [-0.2, 0) is 10.2 Å². The molecule has 4 bridgehead atoms. The summed E-state index contributed by atoms with van der Waals surface area (Å²) in [5.41, 5.74) is 6.58. The summed E-state index contributed by atoms with van der Waals surface area (Å²) in [6.45, 7) is 8.47. The first-order chi connectivity index (χ1) is 16.4. The molecule has 1 aliphatic heterocycles. The Balaban J connectivity index is 1.29. The second-order valence-electron chi connectivity index (χ2n) is 11.0. The topological polar surface area (TPSA) is 25.2 Å². The van der Waals surface area contributed by atoms with Crippen molar-refractivity contribution in [2.24, 2.45) is 17.8 Å². The van der Waals surface area contributed by atoms with Crippen LogP contribution in [0, 0.1) is 31.6 Å². The molecule has 5 fully saturated rings. The zero-order valence-electron chi connectivity index (χ0n) is 20.0. The van der Waals surface area contributed by atoms with Gasteiger partial charge in [0.25, 0.3) is 5.91 Å². The van der Waals surface area contributed by atoms with Crippen LogP contribution in [0.15, 0.2) is 47.9 Å². The summed E-state index contributed by atoms with van der Waals surface area (Å²) in [7, 11) is 0. The van der Waals surface area contributed by atoms with Gasteiger partial charge in [-0.1, -0.05) is 42.2 Å². The predicted octanol–water partition coefficient (Wildman–Crippen LogP) is 6.95. The van der Waals surface area contributed by atoms with Crippen LogP contribution in [0.4, 0.5) is 0 Å². The van der Waals surface area contributed by atoms with E-state index in [1.54, 1.807) is 16.5 Å². The Hall–Kier alpha value is -2.11. The third kappa shape index (κ3) is 3.54. The molecule has 0 radical (unpaired) electrons. The van der Waals surface area contributed by atoms with Crippen molar-refractivity contribution in [3.63, 3.8) is 0 Å². The number of carbonyl (C=O) groups is 1. The molecule has 4 saturated carbocycles. The SMILES string of the molecule is C=CCN1C(=O)/C(=C/c2cc(C)n(-c3ccc(C45CC6CC(CC(C6)C4)C5)cc3)c2C)SC1=S. The molecule has 0 spiro atoms. The quantitative estimate of drug-likeness (QED) is 0.259. The van der Waals surface area contributed by atoms with Crippen molar-refractivity contribution < 1.29 is 4.79 Å². The number of benzene rings is 1. The van der Waals surface area contributed by atoms with E-state index >= 15 is 0 Å². The highest BCUT2D eigenvalue weighted by atomic mass is 32.2. The molecule has 0 N–H and O–H groups in total. The molecule has 4 aliphatic carbocycles.